The van der Waals surface area contributed by atoms with E-state index in [2.05, 4.69) is 30.8 Å². The van der Waals surface area contributed by atoms with E-state index in [0.29, 0.717) is 11.4 Å². The van der Waals surface area contributed by atoms with Crippen LogP contribution >= 0.6 is 0 Å². The molecule has 0 saturated carbocycles. The fraction of sp³-hybridized carbons (Fsp3) is 0.350. The molecule has 0 bridgehead atoms. The monoisotopic (exact) mass is 374 g/mol. The molecule has 2 rings (SSSR count). The van der Waals surface area contributed by atoms with Gasteiger partial charge in [-0.15, -0.1) is 0 Å². The molecule has 0 heterocycles. The van der Waals surface area contributed by atoms with E-state index >= 15 is 0 Å². The second-order valence-corrected chi connectivity index (χ2v) is 9.18. The van der Waals surface area contributed by atoms with E-state index in [0.717, 1.165) is 16.7 Å². The molecular weight excluding hydrogens is 348 g/mol. The Hall–Kier alpha value is -2.34. The molecule has 0 saturated heterocycles. The first-order valence-corrected chi connectivity index (χ1v) is 9.90. The second-order valence-electron chi connectivity index (χ2n) is 7.53. The van der Waals surface area contributed by atoms with Gasteiger partial charge in [-0.3, -0.25) is 9.52 Å². The summed E-state index contributed by atoms with van der Waals surface area (Å²) >= 11 is 0. The molecular formula is C20H26N2O3S. The zero-order valence-electron chi connectivity index (χ0n) is 16.1. The number of benzene rings is 2. The van der Waals surface area contributed by atoms with Crippen LogP contribution in [-0.2, 0) is 20.2 Å². The molecule has 0 aliphatic heterocycles. The zero-order chi connectivity index (χ0) is 19.7. The van der Waals surface area contributed by atoms with Crippen molar-refractivity contribution in [1.82, 2.24) is 0 Å². The lowest BCUT2D eigenvalue weighted by atomic mass is 9.85. The van der Waals surface area contributed by atoms with E-state index in [1.165, 1.54) is 6.92 Å². The summed E-state index contributed by atoms with van der Waals surface area (Å²) < 4.78 is 28.5. The van der Waals surface area contributed by atoms with Gasteiger partial charge >= 0.3 is 0 Å². The van der Waals surface area contributed by atoms with Gasteiger partial charge in [-0.2, -0.15) is 0 Å². The van der Waals surface area contributed by atoms with Gasteiger partial charge in [-0.1, -0.05) is 26.8 Å². The SMILES string of the molecule is CC(=O)Nc1ccc(NS(=O)(=O)c2cc(C(C)(C)C)cc(C)c2C)cc1. The van der Waals surface area contributed by atoms with Crippen LogP contribution in [0, 0.1) is 13.8 Å². The first kappa shape index (κ1) is 20.0. The summed E-state index contributed by atoms with van der Waals surface area (Å²) in [5.41, 5.74) is 3.56. The minimum atomic E-state index is -3.72. The molecule has 6 heteroatoms. The number of nitrogens with one attached hydrogen (secondary N) is 2. The van der Waals surface area contributed by atoms with Crippen molar-refractivity contribution in [2.45, 2.75) is 51.9 Å². The molecule has 26 heavy (non-hydrogen) atoms. The molecule has 1 amide bonds. The second kappa shape index (κ2) is 7.11. The summed E-state index contributed by atoms with van der Waals surface area (Å²) in [5.74, 6) is -0.177. The predicted octanol–water partition coefficient (Wildman–Crippen LogP) is 4.36. The smallest absolute Gasteiger partial charge is 0.262 e. The molecule has 0 spiro atoms. The molecule has 0 atom stereocenters. The van der Waals surface area contributed by atoms with Crippen LogP contribution in [0.15, 0.2) is 41.3 Å². The number of carbonyl (C=O) groups is 1. The average molecular weight is 375 g/mol. The predicted molar refractivity (Wildman–Crippen MR) is 106 cm³/mol. The van der Waals surface area contributed by atoms with Crippen molar-refractivity contribution in [1.29, 1.82) is 0 Å². The summed E-state index contributed by atoms with van der Waals surface area (Å²) in [6.07, 6.45) is 0. The fourth-order valence-electron chi connectivity index (χ4n) is 2.57. The molecule has 5 nitrogen and oxygen atoms in total. The third-order valence-electron chi connectivity index (χ3n) is 4.23. The Bertz CT molecular complexity index is 925. The Morgan fingerprint density at radius 3 is 2.00 bits per heavy atom. The lowest BCUT2D eigenvalue weighted by molar-refractivity contribution is -0.114. The number of amides is 1. The lowest BCUT2D eigenvalue weighted by Gasteiger charge is -2.22. The molecule has 0 radical (unpaired) electrons. The van der Waals surface area contributed by atoms with Gasteiger partial charge in [0.25, 0.3) is 10.0 Å². The summed E-state index contributed by atoms with van der Waals surface area (Å²) in [5, 5.41) is 2.65. The number of anilines is 2. The van der Waals surface area contributed by atoms with Gasteiger partial charge in [0.2, 0.25) is 5.91 Å². The van der Waals surface area contributed by atoms with E-state index in [4.69, 9.17) is 0 Å². The number of sulfonamides is 1. The number of carbonyl (C=O) groups excluding carboxylic acids is 1. The largest absolute Gasteiger partial charge is 0.326 e. The normalized spacial score (nSPS) is 11.9. The van der Waals surface area contributed by atoms with Gasteiger partial charge in [0.05, 0.1) is 4.90 Å². The summed E-state index contributed by atoms with van der Waals surface area (Å²) in [4.78, 5) is 11.4. The first-order valence-electron chi connectivity index (χ1n) is 8.42. The highest BCUT2D eigenvalue weighted by molar-refractivity contribution is 7.92. The minimum Gasteiger partial charge on any atom is -0.326 e. The highest BCUT2D eigenvalue weighted by Crippen LogP contribution is 2.30. The molecule has 0 aliphatic carbocycles. The van der Waals surface area contributed by atoms with Crippen LogP contribution in [0.25, 0.3) is 0 Å². The summed E-state index contributed by atoms with van der Waals surface area (Å²) in [6, 6.07) is 10.3. The van der Waals surface area contributed by atoms with E-state index in [1.54, 1.807) is 30.3 Å². The van der Waals surface area contributed by atoms with E-state index < -0.39 is 10.0 Å². The molecule has 2 N–H and O–H groups in total. The third-order valence-corrected chi connectivity index (χ3v) is 5.74. The minimum absolute atomic E-state index is 0.150. The van der Waals surface area contributed by atoms with Crippen LogP contribution in [0.2, 0.25) is 0 Å². The molecule has 0 aliphatic rings. The standard InChI is InChI=1S/C20H26N2O3S/c1-13-11-16(20(4,5)6)12-19(14(13)2)26(24,25)22-18-9-7-17(8-10-18)21-15(3)23/h7-12,22H,1-6H3,(H,21,23). The van der Waals surface area contributed by atoms with Crippen molar-refractivity contribution in [2.24, 2.45) is 0 Å². The summed E-state index contributed by atoms with van der Waals surface area (Å²) in [6.45, 7) is 11.3. The van der Waals surface area contributed by atoms with Crippen LogP contribution < -0.4 is 10.0 Å². The Labute approximate surface area is 155 Å². The van der Waals surface area contributed by atoms with Crippen molar-refractivity contribution in [3.05, 3.63) is 53.1 Å². The molecule has 2 aromatic carbocycles. The van der Waals surface area contributed by atoms with Gasteiger partial charge in [-0.05, 0) is 66.3 Å². The van der Waals surface area contributed by atoms with Crippen LogP contribution in [0.1, 0.15) is 44.4 Å². The van der Waals surface area contributed by atoms with Crippen molar-refractivity contribution in [2.75, 3.05) is 10.0 Å². The quantitative estimate of drug-likeness (QED) is 0.835. The van der Waals surface area contributed by atoms with Gasteiger partial charge in [0.1, 0.15) is 0 Å². The van der Waals surface area contributed by atoms with Crippen LogP contribution in [0.3, 0.4) is 0 Å². The Morgan fingerprint density at radius 2 is 1.50 bits per heavy atom. The molecule has 0 unspecified atom stereocenters. The van der Waals surface area contributed by atoms with Gasteiger partial charge < -0.3 is 5.32 Å². The van der Waals surface area contributed by atoms with Crippen molar-refractivity contribution < 1.29 is 13.2 Å². The van der Waals surface area contributed by atoms with Gasteiger partial charge in [0.15, 0.2) is 0 Å². The molecule has 140 valence electrons. The van der Waals surface area contributed by atoms with Gasteiger partial charge in [0, 0.05) is 18.3 Å². The van der Waals surface area contributed by atoms with E-state index in [1.807, 2.05) is 19.9 Å². The molecule has 2 aromatic rings. The van der Waals surface area contributed by atoms with Gasteiger partial charge in [-0.25, -0.2) is 8.42 Å². The number of rotatable bonds is 4. The highest BCUT2D eigenvalue weighted by atomic mass is 32.2. The number of hydrogen-bond donors (Lipinski definition) is 2. The van der Waals surface area contributed by atoms with Crippen LogP contribution in [0.4, 0.5) is 11.4 Å². The topological polar surface area (TPSA) is 75.3 Å². The Kier molecular flexibility index (Phi) is 5.47. The summed E-state index contributed by atoms with van der Waals surface area (Å²) in [7, 11) is -3.72. The fourth-order valence-corrected chi connectivity index (χ4v) is 3.98. The van der Waals surface area contributed by atoms with Crippen molar-refractivity contribution in [3.8, 4) is 0 Å². The Morgan fingerprint density at radius 1 is 0.962 bits per heavy atom. The lowest BCUT2D eigenvalue weighted by Crippen LogP contribution is -2.18. The maximum Gasteiger partial charge on any atom is 0.262 e. The number of hydrogen-bond acceptors (Lipinski definition) is 3. The zero-order valence-corrected chi connectivity index (χ0v) is 16.9. The van der Waals surface area contributed by atoms with E-state index in [-0.39, 0.29) is 16.2 Å². The Balaban J connectivity index is 2.38. The van der Waals surface area contributed by atoms with Crippen molar-refractivity contribution in [3.63, 3.8) is 0 Å². The highest BCUT2D eigenvalue weighted by Gasteiger charge is 2.23. The molecule has 0 aromatic heterocycles. The van der Waals surface area contributed by atoms with Crippen LogP contribution in [-0.4, -0.2) is 14.3 Å². The number of aryl methyl sites for hydroxylation is 1. The first-order chi connectivity index (χ1) is 11.9. The molecule has 0 fully saturated rings. The average Bonchev–Trinajstić information content (AvgIpc) is 2.49. The maximum absolute atomic E-state index is 12.9. The maximum atomic E-state index is 12.9. The van der Waals surface area contributed by atoms with Crippen molar-refractivity contribution >= 4 is 27.3 Å². The van der Waals surface area contributed by atoms with E-state index in [9.17, 15) is 13.2 Å². The van der Waals surface area contributed by atoms with Crippen LogP contribution in [0.5, 0.6) is 0 Å². The third kappa shape index (κ3) is 4.64.